The molecule has 2 rings (SSSR count). The number of aryl methyl sites for hydroxylation is 4. The van der Waals surface area contributed by atoms with E-state index in [-0.39, 0.29) is 11.7 Å². The van der Waals surface area contributed by atoms with Crippen molar-refractivity contribution < 1.29 is 14.3 Å². The van der Waals surface area contributed by atoms with Crippen LogP contribution in [0.15, 0.2) is 29.4 Å². The third-order valence-electron chi connectivity index (χ3n) is 3.61. The minimum Gasteiger partial charge on any atom is -0.452 e. The summed E-state index contributed by atoms with van der Waals surface area (Å²) in [4.78, 5) is 32.8. The van der Waals surface area contributed by atoms with Gasteiger partial charge >= 0.3 is 5.97 Å². The quantitative estimate of drug-likeness (QED) is 0.475. The van der Waals surface area contributed by atoms with Gasteiger partial charge in [-0.05, 0) is 57.9 Å². The van der Waals surface area contributed by atoms with Crippen LogP contribution in [0.2, 0.25) is 0 Å². The largest absolute Gasteiger partial charge is 0.452 e. The number of aromatic nitrogens is 2. The van der Waals surface area contributed by atoms with Gasteiger partial charge in [0, 0.05) is 17.1 Å². The molecule has 26 heavy (non-hydrogen) atoms. The maximum atomic E-state index is 12.3. The van der Waals surface area contributed by atoms with Crippen LogP contribution in [0, 0.1) is 27.7 Å². The minimum absolute atomic E-state index is 0.0456. The van der Waals surface area contributed by atoms with E-state index in [9.17, 15) is 9.59 Å². The highest BCUT2D eigenvalue weighted by Gasteiger charge is 2.19. The van der Waals surface area contributed by atoms with Gasteiger partial charge in [0.05, 0.1) is 5.75 Å². The molecule has 0 fully saturated rings. The van der Waals surface area contributed by atoms with Crippen molar-refractivity contribution in [1.82, 2.24) is 9.97 Å². The van der Waals surface area contributed by atoms with Crippen molar-refractivity contribution in [3.63, 3.8) is 0 Å². The second kappa shape index (κ2) is 8.80. The zero-order valence-electron chi connectivity index (χ0n) is 15.6. The molecule has 7 heteroatoms. The van der Waals surface area contributed by atoms with Gasteiger partial charge in [-0.2, -0.15) is 0 Å². The third-order valence-corrected chi connectivity index (χ3v) is 4.43. The molecule has 0 saturated heterocycles. The SMILES string of the molecule is Cc1ccc(C)c(NC(=O)[C@H](C)OC(=O)CSc2nc(C)cc(C)n2)c1. The lowest BCUT2D eigenvalue weighted by Gasteiger charge is -2.15. The number of nitrogens with zero attached hydrogens (tertiary/aromatic N) is 2. The summed E-state index contributed by atoms with van der Waals surface area (Å²) in [6.07, 6.45) is -0.886. The molecule has 1 aromatic carbocycles. The number of carbonyl (C=O) groups excluding carboxylic acids is 2. The van der Waals surface area contributed by atoms with Crippen LogP contribution in [-0.4, -0.2) is 33.7 Å². The lowest BCUT2D eigenvalue weighted by Crippen LogP contribution is -2.30. The number of nitrogens with one attached hydrogen (secondary N) is 1. The maximum Gasteiger partial charge on any atom is 0.317 e. The number of thioether (sulfide) groups is 1. The van der Waals surface area contributed by atoms with Crippen LogP contribution >= 0.6 is 11.8 Å². The second-order valence-electron chi connectivity index (χ2n) is 6.16. The van der Waals surface area contributed by atoms with Crippen molar-refractivity contribution in [2.45, 2.75) is 45.9 Å². The summed E-state index contributed by atoms with van der Waals surface area (Å²) in [6, 6.07) is 7.65. The lowest BCUT2D eigenvalue weighted by atomic mass is 10.1. The van der Waals surface area contributed by atoms with Gasteiger partial charge in [-0.3, -0.25) is 9.59 Å². The Morgan fingerprint density at radius 2 is 1.77 bits per heavy atom. The summed E-state index contributed by atoms with van der Waals surface area (Å²) in [7, 11) is 0. The number of carbonyl (C=O) groups is 2. The van der Waals surface area contributed by atoms with E-state index in [1.54, 1.807) is 6.92 Å². The average molecular weight is 373 g/mol. The fourth-order valence-corrected chi connectivity index (χ4v) is 3.00. The average Bonchev–Trinajstić information content (AvgIpc) is 2.55. The fraction of sp³-hybridized carbons (Fsp3) is 0.368. The molecule has 1 heterocycles. The molecule has 0 saturated carbocycles. The number of hydrogen-bond donors (Lipinski definition) is 1. The van der Waals surface area contributed by atoms with Gasteiger partial charge < -0.3 is 10.1 Å². The molecule has 0 aliphatic heterocycles. The van der Waals surface area contributed by atoms with Gasteiger partial charge in [0.1, 0.15) is 0 Å². The zero-order valence-corrected chi connectivity index (χ0v) is 16.4. The van der Waals surface area contributed by atoms with Gasteiger partial charge in [0.2, 0.25) is 0 Å². The van der Waals surface area contributed by atoms with E-state index in [2.05, 4.69) is 15.3 Å². The molecule has 1 N–H and O–H groups in total. The van der Waals surface area contributed by atoms with Crippen molar-refractivity contribution in [2.24, 2.45) is 0 Å². The molecule has 6 nitrogen and oxygen atoms in total. The van der Waals surface area contributed by atoms with Gasteiger partial charge in [-0.15, -0.1) is 0 Å². The van der Waals surface area contributed by atoms with Crippen molar-refractivity contribution in [3.05, 3.63) is 46.8 Å². The van der Waals surface area contributed by atoms with Gasteiger partial charge in [-0.25, -0.2) is 9.97 Å². The number of anilines is 1. The van der Waals surface area contributed by atoms with Crippen molar-refractivity contribution in [3.8, 4) is 0 Å². The normalized spacial score (nSPS) is 11.7. The first-order valence-corrected chi connectivity index (χ1v) is 9.26. The predicted octanol–water partition coefficient (Wildman–Crippen LogP) is 3.37. The molecule has 138 valence electrons. The van der Waals surface area contributed by atoms with Gasteiger partial charge in [-0.1, -0.05) is 23.9 Å². The molecule has 2 aromatic rings. The summed E-state index contributed by atoms with van der Waals surface area (Å²) in [5.41, 5.74) is 4.39. The lowest BCUT2D eigenvalue weighted by molar-refractivity contribution is -0.150. The molecule has 0 unspecified atom stereocenters. The highest BCUT2D eigenvalue weighted by Crippen LogP contribution is 2.17. The standard InChI is InChI=1S/C19H23N3O3S/c1-11-6-7-12(2)16(8-11)22-18(24)15(5)25-17(23)10-26-19-20-13(3)9-14(4)21-19/h6-9,15H,10H2,1-5H3,(H,22,24)/t15-/m0/s1. The summed E-state index contributed by atoms with van der Waals surface area (Å²) < 4.78 is 5.21. The fourth-order valence-electron chi connectivity index (χ4n) is 2.27. The summed E-state index contributed by atoms with van der Waals surface area (Å²) in [5, 5.41) is 3.32. The van der Waals surface area contributed by atoms with Crippen LogP contribution in [0.3, 0.4) is 0 Å². The number of rotatable bonds is 6. The molecule has 0 aliphatic rings. The van der Waals surface area contributed by atoms with Gasteiger partial charge in [0.15, 0.2) is 11.3 Å². The Morgan fingerprint density at radius 1 is 1.12 bits per heavy atom. The second-order valence-corrected chi connectivity index (χ2v) is 7.10. The Kier molecular flexibility index (Phi) is 6.74. The number of benzene rings is 1. The summed E-state index contributed by atoms with van der Waals surface area (Å²) in [5.74, 6) is -0.801. The molecule has 0 radical (unpaired) electrons. The Morgan fingerprint density at radius 3 is 2.42 bits per heavy atom. The van der Waals surface area contributed by atoms with Crippen LogP contribution < -0.4 is 5.32 Å². The van der Waals surface area contributed by atoms with Crippen molar-refractivity contribution in [1.29, 1.82) is 0 Å². The smallest absolute Gasteiger partial charge is 0.317 e. The van der Waals surface area contributed by atoms with E-state index < -0.39 is 12.1 Å². The van der Waals surface area contributed by atoms with E-state index in [0.29, 0.717) is 5.16 Å². The maximum absolute atomic E-state index is 12.3. The summed E-state index contributed by atoms with van der Waals surface area (Å²) in [6.45, 7) is 9.15. The van der Waals surface area contributed by atoms with E-state index in [1.165, 1.54) is 11.8 Å². The zero-order chi connectivity index (χ0) is 19.3. The highest BCUT2D eigenvalue weighted by molar-refractivity contribution is 7.99. The first kappa shape index (κ1) is 19.9. The summed E-state index contributed by atoms with van der Waals surface area (Å²) >= 11 is 1.19. The van der Waals surface area contributed by atoms with Crippen molar-refractivity contribution in [2.75, 3.05) is 11.1 Å². The highest BCUT2D eigenvalue weighted by atomic mass is 32.2. The number of esters is 1. The number of ether oxygens (including phenoxy) is 1. The molecule has 1 aromatic heterocycles. The van der Waals surface area contributed by atoms with Gasteiger partial charge in [0.25, 0.3) is 5.91 Å². The third kappa shape index (κ3) is 5.84. The minimum atomic E-state index is -0.886. The molecule has 0 bridgehead atoms. The van der Waals surface area contributed by atoms with E-state index in [0.717, 1.165) is 28.2 Å². The monoisotopic (exact) mass is 373 g/mol. The Labute approximate surface area is 157 Å². The Hall–Kier alpha value is -2.41. The van der Waals surface area contributed by atoms with E-state index >= 15 is 0 Å². The molecular weight excluding hydrogens is 350 g/mol. The number of amides is 1. The molecular formula is C19H23N3O3S. The molecule has 0 aliphatic carbocycles. The topological polar surface area (TPSA) is 81.2 Å². The van der Waals surface area contributed by atoms with Crippen LogP contribution in [0.4, 0.5) is 5.69 Å². The molecule has 1 amide bonds. The first-order chi connectivity index (χ1) is 12.2. The first-order valence-electron chi connectivity index (χ1n) is 8.27. The van der Waals surface area contributed by atoms with Crippen LogP contribution in [0.1, 0.15) is 29.4 Å². The Balaban J connectivity index is 1.87. The number of hydrogen-bond acceptors (Lipinski definition) is 6. The van der Waals surface area contributed by atoms with Crippen LogP contribution in [-0.2, 0) is 14.3 Å². The van der Waals surface area contributed by atoms with Crippen LogP contribution in [0.25, 0.3) is 0 Å². The predicted molar refractivity (Wildman–Crippen MR) is 102 cm³/mol. The van der Waals surface area contributed by atoms with Crippen LogP contribution in [0.5, 0.6) is 0 Å². The van der Waals surface area contributed by atoms with E-state index in [1.807, 2.05) is 52.0 Å². The Bertz CT molecular complexity index is 803. The van der Waals surface area contributed by atoms with Crippen molar-refractivity contribution >= 4 is 29.3 Å². The molecule has 1 atom stereocenters. The van der Waals surface area contributed by atoms with E-state index in [4.69, 9.17) is 4.74 Å². The molecule has 0 spiro atoms.